The average molecular weight is 407 g/mol. The molecule has 1 aliphatic heterocycles. The van der Waals surface area contributed by atoms with Gasteiger partial charge >= 0.3 is 8.80 Å². The van der Waals surface area contributed by atoms with Gasteiger partial charge in [-0.15, -0.1) is 0 Å². The predicted molar refractivity (Wildman–Crippen MR) is 109 cm³/mol. The van der Waals surface area contributed by atoms with Gasteiger partial charge in [0.2, 0.25) is 0 Å². The molecule has 0 aliphatic carbocycles. The van der Waals surface area contributed by atoms with E-state index in [0.29, 0.717) is 30.9 Å². The van der Waals surface area contributed by atoms with Crippen molar-refractivity contribution in [2.75, 3.05) is 32.2 Å². The van der Waals surface area contributed by atoms with Gasteiger partial charge in [-0.05, 0) is 19.3 Å². The number of carbonyl (C=O) groups is 1. The smallest absolute Gasteiger partial charge is 0.396 e. The maximum Gasteiger partial charge on any atom is 0.501 e. The number of aliphatic hydroxyl groups is 1. The lowest BCUT2D eigenvalue weighted by Crippen LogP contribution is -2.52. The molecule has 0 saturated carbocycles. The van der Waals surface area contributed by atoms with Crippen LogP contribution in [0.5, 0.6) is 0 Å². The van der Waals surface area contributed by atoms with E-state index in [4.69, 9.17) is 13.3 Å². The molecule has 0 aromatic carbocycles. The number of hydrogen-bond acceptors (Lipinski definition) is 6. The normalized spacial score (nSPS) is 25.8. The van der Waals surface area contributed by atoms with Crippen molar-refractivity contribution in [1.29, 1.82) is 0 Å². The molecule has 0 aromatic rings. The third kappa shape index (κ3) is 8.84. The van der Waals surface area contributed by atoms with Gasteiger partial charge in [-0.1, -0.05) is 52.3 Å². The Hall–Kier alpha value is 0.0769. The number of unbranched alkanes of at least 4 members (excludes halogenated alkanes) is 1. The standard InChI is InChI=1S/C19H38O5SSi/c1-5-7-9-18(6-2)19(21)25-10-8-11-26(22-13-16(3)12-20)23-14-17(4)15-24-26/h16-18,20H,5-15H2,1-4H3. The van der Waals surface area contributed by atoms with Gasteiger partial charge in [0, 0.05) is 56.0 Å². The van der Waals surface area contributed by atoms with Crippen LogP contribution in [-0.2, 0) is 18.1 Å². The minimum Gasteiger partial charge on any atom is -0.396 e. The van der Waals surface area contributed by atoms with Crippen molar-refractivity contribution in [2.24, 2.45) is 17.8 Å². The lowest BCUT2D eigenvalue weighted by atomic mass is 10.0. The average Bonchev–Trinajstić information content (AvgIpc) is 2.66. The van der Waals surface area contributed by atoms with Crippen LogP contribution in [0.2, 0.25) is 6.04 Å². The van der Waals surface area contributed by atoms with Gasteiger partial charge in [0.25, 0.3) is 0 Å². The van der Waals surface area contributed by atoms with Gasteiger partial charge in [-0.3, -0.25) is 4.79 Å². The first-order valence-corrected chi connectivity index (χ1v) is 13.1. The molecular formula is C19H38O5SSi. The highest BCUT2D eigenvalue weighted by atomic mass is 32.2. The van der Waals surface area contributed by atoms with Crippen molar-refractivity contribution >= 4 is 25.7 Å². The SMILES string of the molecule is CCCCC(CC)C(=O)SCCC[Si]1(OCC(C)CO)OCC(C)CO1. The van der Waals surface area contributed by atoms with Crippen LogP contribution in [-0.4, -0.2) is 51.2 Å². The van der Waals surface area contributed by atoms with E-state index in [-0.39, 0.29) is 18.4 Å². The first-order chi connectivity index (χ1) is 12.5. The van der Waals surface area contributed by atoms with E-state index < -0.39 is 8.80 Å². The molecule has 2 unspecified atom stereocenters. The van der Waals surface area contributed by atoms with Gasteiger partial charge < -0.3 is 18.4 Å². The fraction of sp³-hybridized carbons (Fsp3) is 0.947. The number of thioether (sulfide) groups is 1. The Bertz CT molecular complexity index is 388. The van der Waals surface area contributed by atoms with Crippen molar-refractivity contribution in [3.63, 3.8) is 0 Å². The second-order valence-corrected chi connectivity index (χ2v) is 11.4. The quantitative estimate of drug-likeness (QED) is 0.367. The van der Waals surface area contributed by atoms with Gasteiger partial charge in [0.15, 0.2) is 5.12 Å². The zero-order valence-corrected chi connectivity index (χ0v) is 18.8. The molecule has 7 heteroatoms. The third-order valence-electron chi connectivity index (χ3n) is 4.68. The summed E-state index contributed by atoms with van der Waals surface area (Å²) in [6, 6.07) is 0.740. The summed E-state index contributed by atoms with van der Waals surface area (Å²) in [6.07, 6.45) is 5.05. The van der Waals surface area contributed by atoms with Crippen molar-refractivity contribution in [3.05, 3.63) is 0 Å². The van der Waals surface area contributed by atoms with Crippen molar-refractivity contribution < 1.29 is 23.2 Å². The van der Waals surface area contributed by atoms with Crippen molar-refractivity contribution in [1.82, 2.24) is 0 Å². The molecule has 5 nitrogen and oxygen atoms in total. The summed E-state index contributed by atoms with van der Waals surface area (Å²) in [7, 11) is -2.67. The van der Waals surface area contributed by atoms with E-state index in [9.17, 15) is 9.90 Å². The lowest BCUT2D eigenvalue weighted by Gasteiger charge is -2.36. The lowest BCUT2D eigenvalue weighted by molar-refractivity contribution is -0.114. The molecule has 26 heavy (non-hydrogen) atoms. The Kier molecular flexibility index (Phi) is 12.3. The molecule has 1 N–H and O–H groups in total. The zero-order chi connectivity index (χ0) is 19.4. The summed E-state index contributed by atoms with van der Waals surface area (Å²) in [5.41, 5.74) is 0. The van der Waals surface area contributed by atoms with E-state index in [1.165, 1.54) is 11.8 Å². The van der Waals surface area contributed by atoms with E-state index in [1.807, 2.05) is 6.92 Å². The van der Waals surface area contributed by atoms with Crippen LogP contribution in [0.25, 0.3) is 0 Å². The Balaban J connectivity index is 2.42. The van der Waals surface area contributed by atoms with E-state index >= 15 is 0 Å². The van der Waals surface area contributed by atoms with Crippen LogP contribution in [0.4, 0.5) is 0 Å². The van der Waals surface area contributed by atoms with Gasteiger partial charge in [0.05, 0.1) is 0 Å². The first kappa shape index (κ1) is 24.1. The van der Waals surface area contributed by atoms with E-state index in [1.54, 1.807) is 0 Å². The second kappa shape index (κ2) is 13.3. The van der Waals surface area contributed by atoms with E-state index in [2.05, 4.69) is 20.8 Å². The first-order valence-electron chi connectivity index (χ1n) is 10.2. The Morgan fingerprint density at radius 3 is 2.58 bits per heavy atom. The molecule has 1 aliphatic rings. The third-order valence-corrected chi connectivity index (χ3v) is 8.57. The summed E-state index contributed by atoms with van der Waals surface area (Å²) < 4.78 is 18.1. The summed E-state index contributed by atoms with van der Waals surface area (Å²) in [6.45, 7) is 10.2. The maximum absolute atomic E-state index is 12.4. The molecule has 0 amide bonds. The van der Waals surface area contributed by atoms with Gasteiger partial charge in [-0.25, -0.2) is 0 Å². The van der Waals surface area contributed by atoms with Crippen LogP contribution in [0.3, 0.4) is 0 Å². The topological polar surface area (TPSA) is 65.0 Å². The number of carbonyl (C=O) groups excluding carboxylic acids is 1. The summed E-state index contributed by atoms with van der Waals surface area (Å²) in [5.74, 6) is 1.44. The van der Waals surface area contributed by atoms with Crippen molar-refractivity contribution in [2.45, 2.75) is 65.8 Å². The summed E-state index contributed by atoms with van der Waals surface area (Å²) >= 11 is 1.45. The second-order valence-electron chi connectivity index (χ2n) is 7.53. The molecule has 1 rings (SSSR count). The molecular weight excluding hydrogens is 368 g/mol. The molecule has 154 valence electrons. The highest BCUT2D eigenvalue weighted by Gasteiger charge is 2.44. The molecule has 0 aromatic heterocycles. The Morgan fingerprint density at radius 2 is 2.00 bits per heavy atom. The Morgan fingerprint density at radius 1 is 1.31 bits per heavy atom. The van der Waals surface area contributed by atoms with Gasteiger partial charge in [0.1, 0.15) is 0 Å². The molecule has 0 spiro atoms. The highest BCUT2D eigenvalue weighted by Crippen LogP contribution is 2.27. The molecule has 0 radical (unpaired) electrons. The number of hydrogen-bond donors (Lipinski definition) is 1. The summed E-state index contributed by atoms with van der Waals surface area (Å²) in [4.78, 5) is 12.4. The predicted octanol–water partition coefficient (Wildman–Crippen LogP) is 4.12. The number of rotatable bonds is 13. The van der Waals surface area contributed by atoms with E-state index in [0.717, 1.165) is 43.9 Å². The molecule has 2 atom stereocenters. The number of aliphatic hydroxyl groups excluding tert-OH is 1. The van der Waals surface area contributed by atoms with Crippen LogP contribution in [0, 0.1) is 17.8 Å². The Labute approximate surface area is 164 Å². The van der Waals surface area contributed by atoms with Crippen molar-refractivity contribution in [3.8, 4) is 0 Å². The fourth-order valence-electron chi connectivity index (χ4n) is 2.77. The summed E-state index contributed by atoms with van der Waals surface area (Å²) in [5, 5.41) is 9.54. The van der Waals surface area contributed by atoms with Gasteiger partial charge in [-0.2, -0.15) is 0 Å². The maximum atomic E-state index is 12.4. The minimum atomic E-state index is -2.67. The molecule has 0 bridgehead atoms. The fourth-order valence-corrected chi connectivity index (χ4v) is 6.94. The van der Waals surface area contributed by atoms with Crippen LogP contribution < -0.4 is 0 Å². The largest absolute Gasteiger partial charge is 0.501 e. The van der Waals surface area contributed by atoms with Crippen LogP contribution in [0.1, 0.15) is 59.8 Å². The molecule has 1 heterocycles. The van der Waals surface area contributed by atoms with Crippen LogP contribution in [0.15, 0.2) is 0 Å². The molecule has 1 fully saturated rings. The molecule has 1 saturated heterocycles. The monoisotopic (exact) mass is 406 g/mol. The van der Waals surface area contributed by atoms with Crippen LogP contribution >= 0.6 is 11.8 Å². The zero-order valence-electron chi connectivity index (χ0n) is 17.0. The minimum absolute atomic E-state index is 0.0748. The highest BCUT2D eigenvalue weighted by molar-refractivity contribution is 8.13.